The summed E-state index contributed by atoms with van der Waals surface area (Å²) in [6.07, 6.45) is 2.51. The first-order valence-electron chi connectivity index (χ1n) is 7.43. The number of nitrogens with zero attached hydrogens (tertiary/aromatic N) is 1. The van der Waals surface area contributed by atoms with Gasteiger partial charge in [0.05, 0.1) is 16.5 Å². The Morgan fingerprint density at radius 2 is 1.65 bits per heavy atom. The zero-order valence-electron chi connectivity index (χ0n) is 13.8. The molecule has 0 fully saturated rings. The summed E-state index contributed by atoms with van der Waals surface area (Å²) in [7, 11) is -2.50. The van der Waals surface area contributed by atoms with E-state index < -0.39 is 15.9 Å². The Bertz CT molecular complexity index is 986. The fraction of sp³-hybridized carbons (Fsp3) is 0.0556. The van der Waals surface area contributed by atoms with Crippen molar-refractivity contribution in [2.75, 3.05) is 7.05 Å². The minimum atomic E-state index is -4.02. The Morgan fingerprint density at radius 3 is 2.19 bits per heavy atom. The van der Waals surface area contributed by atoms with Crippen LogP contribution in [0.1, 0.15) is 21.5 Å². The number of carbonyl (C=O) groups excluding carboxylic acids is 2. The molecule has 0 unspecified atom stereocenters. The van der Waals surface area contributed by atoms with Gasteiger partial charge in [-0.05, 0) is 48.0 Å². The van der Waals surface area contributed by atoms with Gasteiger partial charge in [0.15, 0.2) is 0 Å². The molecule has 0 aliphatic rings. The zero-order chi connectivity index (χ0) is 19.2. The lowest BCUT2D eigenvalue weighted by atomic mass is 10.1. The standard InChI is InChI=1S/C18H15N3O4S/c1-20-18(23)15-7-2-13(3-8-15)6-11-17(22)21-26(24,25)16-9-4-14(12-19)5-10-16/h2-11H,1H3,(H,20,23)(H,21,22). The molecule has 2 rings (SSSR count). The summed E-state index contributed by atoms with van der Waals surface area (Å²) < 4.78 is 26.1. The van der Waals surface area contributed by atoms with E-state index in [4.69, 9.17) is 5.26 Å². The molecule has 2 N–H and O–H groups in total. The van der Waals surface area contributed by atoms with Crippen molar-refractivity contribution < 1.29 is 18.0 Å². The molecule has 0 aromatic heterocycles. The van der Waals surface area contributed by atoms with Crippen molar-refractivity contribution in [3.63, 3.8) is 0 Å². The van der Waals surface area contributed by atoms with Crippen molar-refractivity contribution in [3.05, 3.63) is 71.3 Å². The number of nitrogens with one attached hydrogen (secondary N) is 2. The van der Waals surface area contributed by atoms with Crippen molar-refractivity contribution in [3.8, 4) is 6.07 Å². The SMILES string of the molecule is CNC(=O)c1ccc(C=CC(=O)NS(=O)(=O)c2ccc(C#N)cc2)cc1. The molecule has 0 spiro atoms. The van der Waals surface area contributed by atoms with E-state index in [1.54, 1.807) is 24.3 Å². The van der Waals surface area contributed by atoms with E-state index in [1.165, 1.54) is 37.4 Å². The Balaban J connectivity index is 2.06. The van der Waals surface area contributed by atoms with E-state index >= 15 is 0 Å². The normalized spacial score (nSPS) is 10.9. The van der Waals surface area contributed by atoms with Crippen LogP contribution in [-0.2, 0) is 14.8 Å². The molecule has 8 heteroatoms. The van der Waals surface area contributed by atoms with E-state index in [0.29, 0.717) is 16.7 Å². The van der Waals surface area contributed by atoms with Gasteiger partial charge in [-0.1, -0.05) is 12.1 Å². The molecule has 2 aromatic carbocycles. The molecule has 2 amide bonds. The molecule has 7 nitrogen and oxygen atoms in total. The minimum absolute atomic E-state index is 0.117. The monoisotopic (exact) mass is 369 g/mol. The average Bonchev–Trinajstić information content (AvgIpc) is 2.66. The van der Waals surface area contributed by atoms with E-state index in [9.17, 15) is 18.0 Å². The van der Waals surface area contributed by atoms with Crippen LogP contribution in [0.15, 0.2) is 59.5 Å². The highest BCUT2D eigenvalue weighted by Crippen LogP contribution is 2.10. The number of hydrogen-bond acceptors (Lipinski definition) is 5. The van der Waals surface area contributed by atoms with Gasteiger partial charge in [0.25, 0.3) is 21.8 Å². The fourth-order valence-electron chi connectivity index (χ4n) is 2.00. The summed E-state index contributed by atoms with van der Waals surface area (Å²) in [5.41, 5.74) is 1.41. The molecule has 0 saturated carbocycles. The summed E-state index contributed by atoms with van der Waals surface area (Å²) in [4.78, 5) is 23.2. The van der Waals surface area contributed by atoms with Gasteiger partial charge in [-0.2, -0.15) is 5.26 Å². The van der Waals surface area contributed by atoms with Gasteiger partial charge in [-0.3, -0.25) is 9.59 Å². The van der Waals surface area contributed by atoms with E-state index in [2.05, 4.69) is 5.32 Å². The molecule has 0 atom stereocenters. The van der Waals surface area contributed by atoms with Gasteiger partial charge < -0.3 is 5.32 Å². The third-order valence-corrected chi connectivity index (χ3v) is 4.72. The number of sulfonamides is 1. The zero-order valence-corrected chi connectivity index (χ0v) is 14.6. The van der Waals surface area contributed by atoms with Gasteiger partial charge in [-0.15, -0.1) is 0 Å². The van der Waals surface area contributed by atoms with Gasteiger partial charge in [0.1, 0.15) is 0 Å². The first kappa shape index (κ1) is 18.9. The summed E-state index contributed by atoms with van der Waals surface area (Å²) in [5.74, 6) is -1.04. The van der Waals surface area contributed by atoms with Crippen molar-refractivity contribution in [2.24, 2.45) is 0 Å². The first-order valence-corrected chi connectivity index (χ1v) is 8.91. The second-order valence-corrected chi connectivity index (χ2v) is 6.82. The maximum Gasteiger partial charge on any atom is 0.264 e. The second-order valence-electron chi connectivity index (χ2n) is 5.14. The molecule has 0 radical (unpaired) electrons. The van der Waals surface area contributed by atoms with Crippen molar-refractivity contribution in [1.29, 1.82) is 5.26 Å². The molecule has 0 saturated heterocycles. The number of nitriles is 1. The lowest BCUT2D eigenvalue weighted by molar-refractivity contribution is -0.114. The van der Waals surface area contributed by atoms with E-state index in [0.717, 1.165) is 6.08 Å². The Hall–Kier alpha value is -3.44. The van der Waals surface area contributed by atoms with Gasteiger partial charge in [0, 0.05) is 18.7 Å². The van der Waals surface area contributed by atoms with Crippen LogP contribution in [0, 0.1) is 11.3 Å². The van der Waals surface area contributed by atoms with Crippen LogP contribution in [-0.4, -0.2) is 27.3 Å². The summed E-state index contributed by atoms with van der Waals surface area (Å²) in [6, 6.07) is 13.5. The second kappa shape index (κ2) is 8.09. The van der Waals surface area contributed by atoms with Crippen molar-refractivity contribution in [1.82, 2.24) is 10.0 Å². The summed E-state index contributed by atoms with van der Waals surface area (Å²) in [5, 5.41) is 11.2. The van der Waals surface area contributed by atoms with Gasteiger partial charge in [0.2, 0.25) is 0 Å². The Kier molecular flexibility index (Phi) is 5.88. The maximum absolute atomic E-state index is 12.1. The van der Waals surface area contributed by atoms with Crippen LogP contribution in [0.25, 0.3) is 6.08 Å². The molecule has 132 valence electrons. The van der Waals surface area contributed by atoms with Crippen LogP contribution in [0.3, 0.4) is 0 Å². The molecule has 0 aliphatic heterocycles. The number of rotatable bonds is 5. The largest absolute Gasteiger partial charge is 0.355 e. The smallest absolute Gasteiger partial charge is 0.264 e. The van der Waals surface area contributed by atoms with Gasteiger partial charge >= 0.3 is 0 Å². The molecule has 0 heterocycles. The number of amides is 2. The van der Waals surface area contributed by atoms with Crippen LogP contribution in [0.4, 0.5) is 0 Å². The fourth-order valence-corrected chi connectivity index (χ4v) is 2.94. The third kappa shape index (κ3) is 4.78. The van der Waals surface area contributed by atoms with Crippen molar-refractivity contribution >= 4 is 27.9 Å². The van der Waals surface area contributed by atoms with E-state index in [1.807, 2.05) is 10.8 Å². The predicted octanol–water partition coefficient (Wildman–Crippen LogP) is 1.44. The molecule has 0 aliphatic carbocycles. The number of benzene rings is 2. The van der Waals surface area contributed by atoms with E-state index in [-0.39, 0.29) is 10.8 Å². The summed E-state index contributed by atoms with van der Waals surface area (Å²) in [6.45, 7) is 0. The quantitative estimate of drug-likeness (QED) is 0.774. The highest BCUT2D eigenvalue weighted by Gasteiger charge is 2.16. The predicted molar refractivity (Wildman–Crippen MR) is 95.4 cm³/mol. The maximum atomic E-state index is 12.1. The van der Waals surface area contributed by atoms with Crippen LogP contribution in [0.5, 0.6) is 0 Å². The minimum Gasteiger partial charge on any atom is -0.355 e. The lowest BCUT2D eigenvalue weighted by Gasteiger charge is -2.04. The number of carbonyl (C=O) groups is 2. The highest BCUT2D eigenvalue weighted by molar-refractivity contribution is 7.90. The Morgan fingerprint density at radius 1 is 1.04 bits per heavy atom. The molecule has 26 heavy (non-hydrogen) atoms. The number of hydrogen-bond donors (Lipinski definition) is 2. The molecular formula is C18H15N3O4S. The Labute approximate surface area is 151 Å². The van der Waals surface area contributed by atoms with Crippen LogP contribution >= 0.6 is 0 Å². The molecule has 0 bridgehead atoms. The first-order chi connectivity index (χ1) is 12.4. The van der Waals surface area contributed by atoms with Crippen LogP contribution in [0.2, 0.25) is 0 Å². The van der Waals surface area contributed by atoms with Crippen LogP contribution < -0.4 is 10.0 Å². The van der Waals surface area contributed by atoms with Crippen molar-refractivity contribution in [2.45, 2.75) is 4.90 Å². The van der Waals surface area contributed by atoms with Gasteiger partial charge in [-0.25, -0.2) is 13.1 Å². The molecular weight excluding hydrogens is 354 g/mol. The highest BCUT2D eigenvalue weighted by atomic mass is 32.2. The average molecular weight is 369 g/mol. The summed E-state index contributed by atoms with van der Waals surface area (Å²) >= 11 is 0. The lowest BCUT2D eigenvalue weighted by Crippen LogP contribution is -2.28. The molecule has 2 aromatic rings. The third-order valence-electron chi connectivity index (χ3n) is 3.36. The topological polar surface area (TPSA) is 116 Å².